The molecular formula is C20H16FN3O4. The molecule has 7 nitrogen and oxygen atoms in total. The Hall–Kier alpha value is -3.81. The lowest BCUT2D eigenvalue weighted by Crippen LogP contribution is -2.19. The Morgan fingerprint density at radius 1 is 1.21 bits per heavy atom. The molecule has 2 aromatic carbocycles. The first-order chi connectivity index (χ1) is 13.4. The van der Waals surface area contributed by atoms with Crippen LogP contribution in [0.3, 0.4) is 0 Å². The molecule has 0 saturated heterocycles. The van der Waals surface area contributed by atoms with Crippen LogP contribution in [0.25, 0.3) is 11.3 Å². The zero-order valence-corrected chi connectivity index (χ0v) is 14.9. The van der Waals surface area contributed by atoms with Crippen LogP contribution in [0.4, 0.5) is 10.1 Å². The van der Waals surface area contributed by atoms with E-state index >= 15 is 0 Å². The third-order valence-electron chi connectivity index (χ3n) is 3.92. The fourth-order valence-corrected chi connectivity index (χ4v) is 2.53. The Kier molecular flexibility index (Phi) is 5.59. The van der Waals surface area contributed by atoms with Gasteiger partial charge in [-0.15, -0.1) is 0 Å². The average molecular weight is 381 g/mol. The van der Waals surface area contributed by atoms with Crippen LogP contribution >= 0.6 is 0 Å². The van der Waals surface area contributed by atoms with Crippen molar-refractivity contribution in [1.82, 2.24) is 5.43 Å². The highest BCUT2D eigenvalue weighted by Gasteiger charge is 2.19. The summed E-state index contributed by atoms with van der Waals surface area (Å²) >= 11 is 0. The van der Waals surface area contributed by atoms with Gasteiger partial charge in [0.1, 0.15) is 17.3 Å². The van der Waals surface area contributed by atoms with Gasteiger partial charge in [-0.3, -0.25) is 14.9 Å². The number of furan rings is 1. The molecule has 3 aromatic rings. The number of nitro groups is 1. The highest BCUT2D eigenvalue weighted by molar-refractivity contribution is 5.82. The Bertz CT molecular complexity index is 1040. The van der Waals surface area contributed by atoms with E-state index in [-0.39, 0.29) is 29.4 Å². The summed E-state index contributed by atoms with van der Waals surface area (Å²) < 4.78 is 18.7. The normalized spacial score (nSPS) is 10.9. The van der Waals surface area contributed by atoms with Gasteiger partial charge < -0.3 is 4.42 Å². The van der Waals surface area contributed by atoms with Crippen LogP contribution in [0.5, 0.6) is 0 Å². The number of aryl methyl sites for hydroxylation is 1. The summed E-state index contributed by atoms with van der Waals surface area (Å²) in [5.41, 5.74) is 4.11. The first-order valence-electron chi connectivity index (χ1n) is 8.34. The molecule has 0 aliphatic carbocycles. The predicted molar refractivity (Wildman–Crippen MR) is 101 cm³/mol. The number of hydrazone groups is 1. The standard InChI is InChI=1S/C20H16FN3O4/c1-13-2-4-14(5-3-13)10-20(25)23-22-12-16-7-9-19(28-16)17-8-6-15(21)11-18(17)24(26)27/h2-9,11-12H,10H2,1H3,(H,23,25)/b22-12-. The Balaban J connectivity index is 1.65. The van der Waals surface area contributed by atoms with E-state index in [2.05, 4.69) is 10.5 Å². The maximum Gasteiger partial charge on any atom is 0.283 e. The van der Waals surface area contributed by atoms with Gasteiger partial charge in [-0.05, 0) is 36.8 Å². The van der Waals surface area contributed by atoms with E-state index < -0.39 is 16.4 Å². The number of halogens is 1. The van der Waals surface area contributed by atoms with E-state index in [1.165, 1.54) is 24.4 Å². The first-order valence-corrected chi connectivity index (χ1v) is 8.34. The molecule has 0 saturated carbocycles. The third-order valence-corrected chi connectivity index (χ3v) is 3.92. The van der Waals surface area contributed by atoms with Crippen molar-refractivity contribution < 1.29 is 18.5 Å². The summed E-state index contributed by atoms with van der Waals surface area (Å²) in [6.45, 7) is 1.96. The summed E-state index contributed by atoms with van der Waals surface area (Å²) in [6.07, 6.45) is 1.47. The van der Waals surface area contributed by atoms with Crippen molar-refractivity contribution in [3.05, 3.63) is 87.4 Å². The molecule has 0 unspecified atom stereocenters. The van der Waals surface area contributed by atoms with Crippen LogP contribution < -0.4 is 5.43 Å². The number of carbonyl (C=O) groups excluding carboxylic acids is 1. The van der Waals surface area contributed by atoms with Gasteiger partial charge in [0.15, 0.2) is 0 Å². The molecule has 0 spiro atoms. The van der Waals surface area contributed by atoms with E-state index in [1.54, 1.807) is 0 Å². The second-order valence-corrected chi connectivity index (χ2v) is 6.08. The van der Waals surface area contributed by atoms with Gasteiger partial charge >= 0.3 is 0 Å². The molecular weight excluding hydrogens is 365 g/mol. The molecule has 28 heavy (non-hydrogen) atoms. The average Bonchev–Trinajstić information content (AvgIpc) is 3.12. The summed E-state index contributed by atoms with van der Waals surface area (Å²) in [6, 6.07) is 13.8. The van der Waals surface area contributed by atoms with Gasteiger partial charge in [0.25, 0.3) is 5.69 Å². The lowest BCUT2D eigenvalue weighted by Gasteiger charge is -2.01. The van der Waals surface area contributed by atoms with E-state index in [0.29, 0.717) is 0 Å². The predicted octanol–water partition coefficient (Wildman–Crippen LogP) is 4.00. The van der Waals surface area contributed by atoms with Crippen molar-refractivity contribution in [1.29, 1.82) is 0 Å². The van der Waals surface area contributed by atoms with Crippen LogP contribution in [0.1, 0.15) is 16.9 Å². The zero-order chi connectivity index (χ0) is 20.1. The van der Waals surface area contributed by atoms with E-state index in [4.69, 9.17) is 4.42 Å². The van der Waals surface area contributed by atoms with Crippen LogP contribution in [-0.4, -0.2) is 17.0 Å². The van der Waals surface area contributed by atoms with Crippen molar-refractivity contribution in [3.8, 4) is 11.3 Å². The van der Waals surface area contributed by atoms with Gasteiger partial charge in [0.2, 0.25) is 5.91 Å². The number of hydrogen-bond donors (Lipinski definition) is 1. The van der Waals surface area contributed by atoms with Gasteiger partial charge in [0, 0.05) is 0 Å². The molecule has 3 rings (SSSR count). The Labute approximate surface area is 159 Å². The van der Waals surface area contributed by atoms with Gasteiger partial charge in [-0.2, -0.15) is 5.10 Å². The minimum Gasteiger partial charge on any atom is -0.455 e. The lowest BCUT2D eigenvalue weighted by molar-refractivity contribution is -0.384. The highest BCUT2D eigenvalue weighted by Crippen LogP contribution is 2.31. The molecule has 1 N–H and O–H groups in total. The van der Waals surface area contributed by atoms with Crippen molar-refractivity contribution >= 4 is 17.8 Å². The number of nitrogens with one attached hydrogen (secondary N) is 1. The van der Waals surface area contributed by atoms with Crippen LogP contribution in [0, 0.1) is 22.9 Å². The molecule has 1 amide bonds. The van der Waals surface area contributed by atoms with Gasteiger partial charge in [0.05, 0.1) is 29.2 Å². The number of nitro benzene ring substituents is 1. The van der Waals surface area contributed by atoms with E-state index in [0.717, 1.165) is 23.3 Å². The number of rotatable bonds is 6. The summed E-state index contributed by atoms with van der Waals surface area (Å²) in [7, 11) is 0. The van der Waals surface area contributed by atoms with Crippen molar-refractivity contribution in [2.24, 2.45) is 5.10 Å². The topological polar surface area (TPSA) is 97.7 Å². The lowest BCUT2D eigenvalue weighted by atomic mass is 10.1. The fraction of sp³-hybridized carbons (Fsp3) is 0.100. The van der Waals surface area contributed by atoms with Crippen molar-refractivity contribution in [2.75, 3.05) is 0 Å². The van der Waals surface area contributed by atoms with Crippen LogP contribution in [0.2, 0.25) is 0 Å². The third kappa shape index (κ3) is 4.67. The zero-order valence-electron chi connectivity index (χ0n) is 14.9. The number of benzene rings is 2. The molecule has 0 radical (unpaired) electrons. The summed E-state index contributed by atoms with van der Waals surface area (Å²) in [5, 5.41) is 14.9. The largest absolute Gasteiger partial charge is 0.455 e. The SMILES string of the molecule is Cc1ccc(CC(=O)N/N=C\c2ccc(-c3ccc(F)cc3[N+](=O)[O-])o2)cc1. The maximum atomic E-state index is 13.3. The molecule has 8 heteroatoms. The second-order valence-electron chi connectivity index (χ2n) is 6.08. The van der Waals surface area contributed by atoms with E-state index in [9.17, 15) is 19.3 Å². The molecule has 0 bridgehead atoms. The fourth-order valence-electron chi connectivity index (χ4n) is 2.53. The first kappa shape index (κ1) is 19.0. The number of amides is 1. The van der Waals surface area contributed by atoms with Crippen molar-refractivity contribution in [2.45, 2.75) is 13.3 Å². The molecule has 0 atom stereocenters. The molecule has 0 aliphatic heterocycles. The molecule has 1 heterocycles. The molecule has 0 aliphatic rings. The molecule has 142 valence electrons. The smallest absolute Gasteiger partial charge is 0.283 e. The molecule has 1 aromatic heterocycles. The van der Waals surface area contributed by atoms with Crippen molar-refractivity contribution in [3.63, 3.8) is 0 Å². The van der Waals surface area contributed by atoms with Gasteiger partial charge in [-0.25, -0.2) is 9.82 Å². The van der Waals surface area contributed by atoms with Gasteiger partial charge in [-0.1, -0.05) is 29.8 Å². The number of carbonyl (C=O) groups is 1. The minimum atomic E-state index is -0.708. The molecule has 0 fully saturated rings. The van der Waals surface area contributed by atoms with E-state index in [1.807, 2.05) is 31.2 Å². The number of hydrogen-bond acceptors (Lipinski definition) is 5. The quantitative estimate of drug-likeness (QED) is 0.396. The monoisotopic (exact) mass is 381 g/mol. The Morgan fingerprint density at radius 3 is 2.68 bits per heavy atom. The minimum absolute atomic E-state index is 0.148. The van der Waals surface area contributed by atoms with Crippen LogP contribution in [-0.2, 0) is 11.2 Å². The Morgan fingerprint density at radius 2 is 1.96 bits per heavy atom. The second kappa shape index (κ2) is 8.26. The highest BCUT2D eigenvalue weighted by atomic mass is 19.1. The van der Waals surface area contributed by atoms with Crippen LogP contribution in [0.15, 0.2) is 64.1 Å². The maximum absolute atomic E-state index is 13.3. The summed E-state index contributed by atoms with van der Waals surface area (Å²) in [4.78, 5) is 22.3. The number of nitrogens with zero attached hydrogens (tertiary/aromatic N) is 2. The summed E-state index contributed by atoms with van der Waals surface area (Å²) in [5.74, 6) is -0.524.